The van der Waals surface area contributed by atoms with Crippen molar-refractivity contribution in [3.05, 3.63) is 0 Å². The van der Waals surface area contributed by atoms with Gasteiger partial charge in [-0.15, -0.1) is 0 Å². The Morgan fingerprint density at radius 1 is 1.27 bits per heavy atom. The van der Waals surface area contributed by atoms with E-state index in [-0.39, 0.29) is 6.04 Å². The molecule has 0 amide bonds. The van der Waals surface area contributed by atoms with E-state index >= 15 is 0 Å². The van der Waals surface area contributed by atoms with Gasteiger partial charge in [0, 0.05) is 19.1 Å². The van der Waals surface area contributed by atoms with Crippen LogP contribution in [0.15, 0.2) is 0 Å². The summed E-state index contributed by atoms with van der Waals surface area (Å²) in [6.07, 6.45) is 5.68. The molecular formula is C12H21NO2. The number of carbonyl (C=O) groups is 1. The molecule has 3 heteroatoms. The van der Waals surface area contributed by atoms with Gasteiger partial charge in [0.1, 0.15) is 0 Å². The molecule has 0 aromatic rings. The zero-order valence-corrected chi connectivity index (χ0v) is 9.48. The Morgan fingerprint density at radius 3 is 2.07 bits per heavy atom. The topological polar surface area (TPSA) is 40.5 Å². The lowest BCUT2D eigenvalue weighted by atomic mass is 10.1. The SMILES string of the molecule is CC(CC(=O)O)N(CC1CC1)CC1CC1. The zero-order valence-electron chi connectivity index (χ0n) is 9.48. The maximum Gasteiger partial charge on any atom is 0.304 e. The van der Waals surface area contributed by atoms with Gasteiger partial charge in [0.25, 0.3) is 0 Å². The highest BCUT2D eigenvalue weighted by Crippen LogP contribution is 2.34. The van der Waals surface area contributed by atoms with Gasteiger partial charge in [-0.3, -0.25) is 9.69 Å². The number of carboxylic acids is 1. The van der Waals surface area contributed by atoms with E-state index in [1.54, 1.807) is 0 Å². The average molecular weight is 211 g/mol. The molecular weight excluding hydrogens is 190 g/mol. The predicted octanol–water partition coefficient (Wildman–Crippen LogP) is 1.97. The van der Waals surface area contributed by atoms with Crippen molar-refractivity contribution in [2.24, 2.45) is 11.8 Å². The van der Waals surface area contributed by atoms with Gasteiger partial charge in [-0.1, -0.05) is 0 Å². The summed E-state index contributed by atoms with van der Waals surface area (Å²) in [4.78, 5) is 13.1. The molecule has 3 nitrogen and oxygen atoms in total. The molecule has 0 aliphatic heterocycles. The molecule has 2 rings (SSSR count). The average Bonchev–Trinajstić information content (AvgIpc) is 2.95. The normalized spacial score (nSPS) is 23.1. The van der Waals surface area contributed by atoms with E-state index in [0.29, 0.717) is 6.42 Å². The van der Waals surface area contributed by atoms with Gasteiger partial charge in [-0.05, 0) is 44.4 Å². The van der Waals surface area contributed by atoms with Crippen LogP contribution < -0.4 is 0 Å². The summed E-state index contributed by atoms with van der Waals surface area (Å²) in [5.41, 5.74) is 0. The Balaban J connectivity index is 1.80. The third kappa shape index (κ3) is 3.82. The summed E-state index contributed by atoms with van der Waals surface area (Å²) in [6, 6.07) is 0.212. The van der Waals surface area contributed by atoms with E-state index < -0.39 is 5.97 Å². The molecule has 0 spiro atoms. The van der Waals surface area contributed by atoms with Crippen molar-refractivity contribution in [2.45, 2.75) is 45.1 Å². The van der Waals surface area contributed by atoms with Crippen molar-refractivity contribution in [2.75, 3.05) is 13.1 Å². The monoisotopic (exact) mass is 211 g/mol. The Morgan fingerprint density at radius 2 is 1.73 bits per heavy atom. The molecule has 0 radical (unpaired) electrons. The summed E-state index contributed by atoms with van der Waals surface area (Å²) in [7, 11) is 0. The molecule has 2 aliphatic carbocycles. The Bertz CT molecular complexity index is 220. The van der Waals surface area contributed by atoms with Crippen LogP contribution in [-0.4, -0.2) is 35.1 Å². The Hall–Kier alpha value is -0.570. The molecule has 2 aliphatic rings. The molecule has 1 atom stereocenters. The van der Waals surface area contributed by atoms with Crippen LogP contribution in [0.2, 0.25) is 0 Å². The van der Waals surface area contributed by atoms with Crippen molar-refractivity contribution in [3.63, 3.8) is 0 Å². The first-order valence-electron chi connectivity index (χ1n) is 6.11. The van der Waals surface area contributed by atoms with Crippen LogP contribution in [0.25, 0.3) is 0 Å². The van der Waals surface area contributed by atoms with Gasteiger partial charge in [0.05, 0.1) is 6.42 Å². The van der Waals surface area contributed by atoms with Gasteiger partial charge in [0.15, 0.2) is 0 Å². The third-order valence-corrected chi connectivity index (χ3v) is 3.47. The summed E-state index contributed by atoms with van der Waals surface area (Å²) in [5.74, 6) is 1.05. The smallest absolute Gasteiger partial charge is 0.304 e. The number of hydrogen-bond donors (Lipinski definition) is 1. The molecule has 15 heavy (non-hydrogen) atoms. The maximum absolute atomic E-state index is 10.7. The first-order chi connectivity index (χ1) is 7.15. The van der Waals surface area contributed by atoms with Crippen LogP contribution in [0.1, 0.15) is 39.0 Å². The molecule has 1 unspecified atom stereocenters. The Kier molecular flexibility index (Phi) is 3.29. The summed E-state index contributed by atoms with van der Waals surface area (Å²) >= 11 is 0. The van der Waals surface area contributed by atoms with E-state index in [1.807, 2.05) is 0 Å². The second-order valence-corrected chi connectivity index (χ2v) is 5.29. The maximum atomic E-state index is 10.7. The largest absolute Gasteiger partial charge is 0.481 e. The zero-order chi connectivity index (χ0) is 10.8. The van der Waals surface area contributed by atoms with Crippen molar-refractivity contribution >= 4 is 5.97 Å². The van der Waals surface area contributed by atoms with E-state index in [1.165, 1.54) is 25.7 Å². The molecule has 0 aromatic carbocycles. The molecule has 86 valence electrons. The second kappa shape index (κ2) is 4.52. The van der Waals surface area contributed by atoms with Crippen molar-refractivity contribution in [3.8, 4) is 0 Å². The minimum atomic E-state index is -0.668. The Labute approximate surface area is 91.5 Å². The number of nitrogens with zero attached hydrogens (tertiary/aromatic N) is 1. The second-order valence-electron chi connectivity index (χ2n) is 5.29. The van der Waals surface area contributed by atoms with E-state index in [4.69, 9.17) is 5.11 Å². The van der Waals surface area contributed by atoms with Gasteiger partial charge in [-0.2, -0.15) is 0 Å². The number of aliphatic carboxylic acids is 1. The van der Waals surface area contributed by atoms with Gasteiger partial charge in [0.2, 0.25) is 0 Å². The van der Waals surface area contributed by atoms with Gasteiger partial charge >= 0.3 is 5.97 Å². The molecule has 0 heterocycles. The molecule has 1 N–H and O–H groups in total. The van der Waals surface area contributed by atoms with E-state index in [9.17, 15) is 4.79 Å². The highest BCUT2D eigenvalue weighted by Gasteiger charge is 2.31. The molecule has 0 saturated heterocycles. The van der Waals surface area contributed by atoms with Crippen molar-refractivity contribution < 1.29 is 9.90 Å². The molecule has 0 bridgehead atoms. The van der Waals surface area contributed by atoms with Crippen LogP contribution in [-0.2, 0) is 4.79 Å². The summed E-state index contributed by atoms with van der Waals surface area (Å²) in [5, 5.41) is 8.81. The van der Waals surface area contributed by atoms with Crippen LogP contribution in [0, 0.1) is 11.8 Å². The standard InChI is InChI=1S/C12H21NO2/c1-9(6-12(14)15)13(7-10-2-3-10)8-11-4-5-11/h9-11H,2-8H2,1H3,(H,14,15). The minimum Gasteiger partial charge on any atom is -0.481 e. The fraction of sp³-hybridized carbons (Fsp3) is 0.917. The lowest BCUT2D eigenvalue weighted by molar-refractivity contribution is -0.138. The minimum absolute atomic E-state index is 0.212. The summed E-state index contributed by atoms with van der Waals surface area (Å²) < 4.78 is 0. The lowest BCUT2D eigenvalue weighted by Gasteiger charge is -2.28. The van der Waals surface area contributed by atoms with E-state index in [0.717, 1.165) is 24.9 Å². The first-order valence-corrected chi connectivity index (χ1v) is 6.11. The highest BCUT2D eigenvalue weighted by molar-refractivity contribution is 5.67. The number of hydrogen-bond acceptors (Lipinski definition) is 2. The molecule has 0 aromatic heterocycles. The predicted molar refractivity (Wildman–Crippen MR) is 58.7 cm³/mol. The number of rotatable bonds is 7. The fourth-order valence-electron chi connectivity index (χ4n) is 2.08. The van der Waals surface area contributed by atoms with Crippen molar-refractivity contribution in [1.82, 2.24) is 4.90 Å². The van der Waals surface area contributed by atoms with Gasteiger partial charge in [-0.25, -0.2) is 0 Å². The van der Waals surface area contributed by atoms with E-state index in [2.05, 4.69) is 11.8 Å². The molecule has 2 fully saturated rings. The molecule has 2 saturated carbocycles. The van der Waals surface area contributed by atoms with Crippen LogP contribution in [0.3, 0.4) is 0 Å². The van der Waals surface area contributed by atoms with Crippen LogP contribution >= 0.6 is 0 Å². The summed E-state index contributed by atoms with van der Waals surface area (Å²) in [6.45, 7) is 4.31. The van der Waals surface area contributed by atoms with Crippen molar-refractivity contribution in [1.29, 1.82) is 0 Å². The first kappa shape index (κ1) is 10.9. The van der Waals surface area contributed by atoms with Gasteiger partial charge < -0.3 is 5.11 Å². The van der Waals surface area contributed by atoms with Crippen LogP contribution in [0.4, 0.5) is 0 Å². The van der Waals surface area contributed by atoms with Crippen LogP contribution in [0.5, 0.6) is 0 Å². The highest BCUT2D eigenvalue weighted by atomic mass is 16.4. The number of carboxylic acid groups (broad SMARTS) is 1. The quantitative estimate of drug-likeness (QED) is 0.700. The fourth-order valence-corrected chi connectivity index (χ4v) is 2.08. The third-order valence-electron chi connectivity index (χ3n) is 3.47. The lowest BCUT2D eigenvalue weighted by Crippen LogP contribution is -2.37.